The van der Waals surface area contributed by atoms with Crippen LogP contribution in [-0.2, 0) is 11.2 Å². The topological polar surface area (TPSA) is 26.3 Å². The lowest BCUT2D eigenvalue weighted by atomic mass is 9.98. The van der Waals surface area contributed by atoms with E-state index < -0.39 is 0 Å². The predicted molar refractivity (Wildman–Crippen MR) is 59.0 cm³/mol. The highest BCUT2D eigenvalue weighted by atomic mass is 16.5. The Morgan fingerprint density at radius 3 is 3.00 bits per heavy atom. The average Bonchev–Trinajstić information content (AvgIpc) is 2.64. The van der Waals surface area contributed by atoms with Crippen LogP contribution >= 0.6 is 0 Å². The van der Waals surface area contributed by atoms with E-state index in [0.717, 1.165) is 31.4 Å². The molecule has 0 amide bonds. The molecule has 1 atom stereocenters. The van der Waals surface area contributed by atoms with Gasteiger partial charge in [0.25, 0.3) is 0 Å². The fourth-order valence-corrected chi connectivity index (χ4v) is 2.20. The van der Waals surface area contributed by atoms with Gasteiger partial charge >= 0.3 is 0 Å². The van der Waals surface area contributed by atoms with Gasteiger partial charge in [0, 0.05) is 12.8 Å². The van der Waals surface area contributed by atoms with E-state index in [0.29, 0.717) is 11.7 Å². The molecule has 0 spiro atoms. The van der Waals surface area contributed by atoms with Gasteiger partial charge in [-0.2, -0.15) is 0 Å². The van der Waals surface area contributed by atoms with Gasteiger partial charge in [0.05, 0.1) is 7.11 Å². The fourth-order valence-electron chi connectivity index (χ4n) is 2.20. The third-order valence-electron chi connectivity index (χ3n) is 3.01. The Hall–Kier alpha value is -1.31. The maximum absolute atomic E-state index is 11.1. The molecule has 15 heavy (non-hydrogen) atoms. The first-order valence-electron chi connectivity index (χ1n) is 5.42. The van der Waals surface area contributed by atoms with E-state index in [1.807, 2.05) is 12.1 Å². The maximum atomic E-state index is 11.1. The molecule has 1 unspecified atom stereocenters. The first-order chi connectivity index (χ1) is 7.28. The van der Waals surface area contributed by atoms with Crippen molar-refractivity contribution in [1.82, 2.24) is 0 Å². The summed E-state index contributed by atoms with van der Waals surface area (Å²) in [5, 5.41) is 0. The molecule has 0 bridgehead atoms. The van der Waals surface area contributed by atoms with Crippen molar-refractivity contribution in [3.05, 3.63) is 29.8 Å². The van der Waals surface area contributed by atoms with Crippen LogP contribution in [0.25, 0.3) is 0 Å². The Morgan fingerprint density at radius 1 is 1.47 bits per heavy atom. The number of Topliss-reactive ketones (excluding diaryl/α,β-unsaturated/α-hetero) is 1. The summed E-state index contributed by atoms with van der Waals surface area (Å²) in [5.74, 6) is 1.87. The lowest BCUT2D eigenvalue weighted by Crippen LogP contribution is -2.00. The van der Waals surface area contributed by atoms with Crippen molar-refractivity contribution in [3.8, 4) is 5.75 Å². The van der Waals surface area contributed by atoms with Crippen molar-refractivity contribution >= 4 is 5.78 Å². The molecule has 1 aromatic rings. The molecule has 0 heterocycles. The van der Waals surface area contributed by atoms with Crippen molar-refractivity contribution in [2.24, 2.45) is 5.92 Å². The van der Waals surface area contributed by atoms with Gasteiger partial charge in [0.15, 0.2) is 0 Å². The number of carbonyl (C=O) groups excluding carboxylic acids is 1. The number of rotatable bonds is 3. The van der Waals surface area contributed by atoms with Crippen molar-refractivity contribution in [2.45, 2.75) is 25.7 Å². The number of ether oxygens (including phenoxy) is 1. The summed E-state index contributed by atoms with van der Waals surface area (Å²) in [6.45, 7) is 0. The molecular formula is C13H16O2. The zero-order valence-corrected chi connectivity index (χ0v) is 9.03. The summed E-state index contributed by atoms with van der Waals surface area (Å²) in [5.41, 5.74) is 1.27. The highest BCUT2D eigenvalue weighted by molar-refractivity contribution is 5.80. The molecule has 2 heteroatoms. The first kappa shape index (κ1) is 10.2. The van der Waals surface area contributed by atoms with E-state index in [1.165, 1.54) is 5.56 Å². The van der Waals surface area contributed by atoms with Gasteiger partial charge in [-0.15, -0.1) is 0 Å². The molecule has 0 aromatic heterocycles. The van der Waals surface area contributed by atoms with E-state index in [2.05, 4.69) is 12.1 Å². The molecule has 1 aromatic carbocycles. The van der Waals surface area contributed by atoms with E-state index in [9.17, 15) is 4.79 Å². The molecule has 0 radical (unpaired) electrons. The van der Waals surface area contributed by atoms with Crippen LogP contribution in [0.1, 0.15) is 24.8 Å². The summed E-state index contributed by atoms with van der Waals surface area (Å²) < 4.78 is 5.17. The number of hydrogen-bond acceptors (Lipinski definition) is 2. The smallest absolute Gasteiger partial charge is 0.133 e. The van der Waals surface area contributed by atoms with Gasteiger partial charge in [-0.3, -0.25) is 4.79 Å². The van der Waals surface area contributed by atoms with Crippen LogP contribution in [0.5, 0.6) is 5.75 Å². The van der Waals surface area contributed by atoms with Gasteiger partial charge in [-0.1, -0.05) is 12.1 Å². The second-order valence-corrected chi connectivity index (χ2v) is 4.20. The maximum Gasteiger partial charge on any atom is 0.133 e. The third-order valence-corrected chi connectivity index (χ3v) is 3.01. The monoisotopic (exact) mass is 204 g/mol. The third kappa shape index (κ3) is 2.58. The molecule has 2 rings (SSSR count). The second kappa shape index (κ2) is 4.47. The van der Waals surface area contributed by atoms with Crippen molar-refractivity contribution in [1.29, 1.82) is 0 Å². The van der Waals surface area contributed by atoms with Gasteiger partial charge in [0.1, 0.15) is 11.5 Å². The van der Waals surface area contributed by atoms with Gasteiger partial charge in [0.2, 0.25) is 0 Å². The minimum atomic E-state index is 0.419. The highest BCUT2D eigenvalue weighted by Crippen LogP contribution is 2.26. The zero-order chi connectivity index (χ0) is 10.7. The van der Waals surface area contributed by atoms with Crippen molar-refractivity contribution in [2.75, 3.05) is 7.11 Å². The quantitative estimate of drug-likeness (QED) is 0.756. The van der Waals surface area contributed by atoms with E-state index in [1.54, 1.807) is 7.11 Å². The Bertz CT molecular complexity index is 357. The molecule has 1 saturated carbocycles. The van der Waals surface area contributed by atoms with Crippen LogP contribution in [0.4, 0.5) is 0 Å². The predicted octanol–water partition coefficient (Wildman–Crippen LogP) is 2.61. The lowest BCUT2D eigenvalue weighted by molar-refractivity contribution is -0.117. The molecule has 1 aliphatic carbocycles. The molecule has 0 N–H and O–H groups in total. The highest BCUT2D eigenvalue weighted by Gasteiger charge is 2.21. The molecule has 0 saturated heterocycles. The van der Waals surface area contributed by atoms with Crippen molar-refractivity contribution < 1.29 is 9.53 Å². The zero-order valence-electron chi connectivity index (χ0n) is 9.03. The van der Waals surface area contributed by atoms with E-state index in [4.69, 9.17) is 4.74 Å². The number of benzene rings is 1. The minimum absolute atomic E-state index is 0.419. The van der Waals surface area contributed by atoms with Crippen LogP contribution in [-0.4, -0.2) is 12.9 Å². The first-order valence-corrected chi connectivity index (χ1v) is 5.42. The lowest BCUT2D eigenvalue weighted by Gasteiger charge is -2.08. The van der Waals surface area contributed by atoms with Gasteiger partial charge in [-0.25, -0.2) is 0 Å². The fraction of sp³-hybridized carbons (Fsp3) is 0.462. The Labute approximate surface area is 90.3 Å². The summed E-state index contributed by atoms with van der Waals surface area (Å²) >= 11 is 0. The van der Waals surface area contributed by atoms with Gasteiger partial charge < -0.3 is 4.74 Å². The molecular weight excluding hydrogens is 188 g/mol. The summed E-state index contributed by atoms with van der Waals surface area (Å²) in [6, 6.07) is 8.11. The van der Waals surface area contributed by atoms with E-state index >= 15 is 0 Å². The normalized spacial score (nSPS) is 20.6. The molecule has 0 aliphatic heterocycles. The minimum Gasteiger partial charge on any atom is -0.497 e. The summed E-state index contributed by atoms with van der Waals surface area (Å²) in [6.07, 6.45) is 3.59. The molecule has 1 aliphatic rings. The standard InChI is InChI=1S/C13H16O2/c1-15-13-4-2-3-10(9-13)7-11-5-6-12(14)8-11/h2-4,9,11H,5-8H2,1H3. The number of carbonyl (C=O) groups is 1. The Morgan fingerprint density at radius 2 is 2.33 bits per heavy atom. The molecule has 80 valence electrons. The van der Waals surface area contributed by atoms with Crippen LogP contribution in [0, 0.1) is 5.92 Å². The largest absolute Gasteiger partial charge is 0.497 e. The average molecular weight is 204 g/mol. The van der Waals surface area contributed by atoms with Crippen LogP contribution in [0.2, 0.25) is 0 Å². The Kier molecular flexibility index (Phi) is 3.05. The van der Waals surface area contributed by atoms with Crippen LogP contribution < -0.4 is 4.74 Å². The number of hydrogen-bond donors (Lipinski definition) is 0. The van der Waals surface area contributed by atoms with E-state index in [-0.39, 0.29) is 0 Å². The number of ketones is 1. The Balaban J connectivity index is 2.01. The summed E-state index contributed by atoms with van der Waals surface area (Å²) in [7, 11) is 1.68. The second-order valence-electron chi connectivity index (χ2n) is 4.20. The van der Waals surface area contributed by atoms with Crippen LogP contribution in [0.15, 0.2) is 24.3 Å². The molecule has 2 nitrogen and oxygen atoms in total. The van der Waals surface area contributed by atoms with Crippen LogP contribution in [0.3, 0.4) is 0 Å². The number of methoxy groups -OCH3 is 1. The summed E-state index contributed by atoms with van der Waals surface area (Å²) in [4.78, 5) is 11.1. The van der Waals surface area contributed by atoms with Gasteiger partial charge in [-0.05, 0) is 36.5 Å². The molecule has 1 fully saturated rings. The SMILES string of the molecule is COc1cccc(CC2CCC(=O)C2)c1. The van der Waals surface area contributed by atoms with Crippen molar-refractivity contribution in [3.63, 3.8) is 0 Å².